The molecule has 0 radical (unpaired) electrons. The van der Waals surface area contributed by atoms with E-state index in [0.29, 0.717) is 6.61 Å². The molecule has 0 fully saturated rings. The van der Waals surface area contributed by atoms with Crippen molar-refractivity contribution in [1.82, 2.24) is 5.32 Å². The highest BCUT2D eigenvalue weighted by atomic mass is 16.6. The number of para-hydroxylation sites is 2. The summed E-state index contributed by atoms with van der Waals surface area (Å²) in [5.41, 5.74) is -0.440. The van der Waals surface area contributed by atoms with Gasteiger partial charge in [-0.05, 0) is 18.6 Å². The minimum absolute atomic E-state index is 0.440. The Bertz CT molecular complexity index is 458. The van der Waals surface area contributed by atoms with E-state index in [4.69, 9.17) is 9.47 Å². The van der Waals surface area contributed by atoms with Crippen LogP contribution in [0.2, 0.25) is 0 Å². The quantitative estimate of drug-likeness (QED) is 0.842. The van der Waals surface area contributed by atoms with Crippen molar-refractivity contribution in [2.75, 3.05) is 19.7 Å². The van der Waals surface area contributed by atoms with Crippen LogP contribution in [0.4, 0.5) is 0 Å². The summed E-state index contributed by atoms with van der Waals surface area (Å²) in [6.07, 6.45) is 0.840. The first-order valence-electron chi connectivity index (χ1n) is 6.04. The standard InChI is InChI=1S/C13H16N2O2/c1-2-13(12-14-7-8-15-12)9-16-10-5-3-4-6-11(10)17-13/h3-6H,2,7-9H2,1H3,(H,14,15)/t13-/m0/s1. The molecule has 1 aromatic carbocycles. The summed E-state index contributed by atoms with van der Waals surface area (Å²) in [4.78, 5) is 4.48. The summed E-state index contributed by atoms with van der Waals surface area (Å²) in [5, 5.41) is 3.29. The molecule has 4 nitrogen and oxygen atoms in total. The lowest BCUT2D eigenvalue weighted by Gasteiger charge is -2.37. The zero-order chi connectivity index (χ0) is 11.7. The number of nitrogens with one attached hydrogen (secondary N) is 1. The van der Waals surface area contributed by atoms with E-state index in [-0.39, 0.29) is 0 Å². The van der Waals surface area contributed by atoms with E-state index in [0.717, 1.165) is 36.8 Å². The Hall–Kier alpha value is -1.71. The van der Waals surface area contributed by atoms with Gasteiger partial charge in [0.25, 0.3) is 0 Å². The molecule has 2 heterocycles. The summed E-state index contributed by atoms with van der Waals surface area (Å²) < 4.78 is 11.9. The Kier molecular flexibility index (Phi) is 2.42. The van der Waals surface area contributed by atoms with Crippen LogP contribution in [0.15, 0.2) is 29.3 Å². The lowest BCUT2D eigenvalue weighted by Crippen LogP contribution is -2.55. The van der Waals surface area contributed by atoms with Crippen LogP contribution >= 0.6 is 0 Å². The SMILES string of the molecule is CC[C@@]1(C2=NCCN2)COc2ccccc2O1. The van der Waals surface area contributed by atoms with Crippen LogP contribution in [0.1, 0.15) is 13.3 Å². The summed E-state index contributed by atoms with van der Waals surface area (Å²) in [5.74, 6) is 2.54. The maximum absolute atomic E-state index is 6.13. The number of hydrogen-bond donors (Lipinski definition) is 1. The molecule has 0 unspecified atom stereocenters. The second kappa shape index (κ2) is 3.95. The van der Waals surface area contributed by atoms with Crippen molar-refractivity contribution in [2.24, 2.45) is 4.99 Å². The maximum Gasteiger partial charge on any atom is 0.199 e. The smallest absolute Gasteiger partial charge is 0.199 e. The highest BCUT2D eigenvalue weighted by Crippen LogP contribution is 2.36. The first kappa shape index (κ1) is 10.4. The summed E-state index contributed by atoms with van der Waals surface area (Å²) in [6, 6.07) is 7.78. The van der Waals surface area contributed by atoms with Crippen LogP contribution in [0, 0.1) is 0 Å². The van der Waals surface area contributed by atoms with Crippen LogP contribution in [0.3, 0.4) is 0 Å². The lowest BCUT2D eigenvalue weighted by molar-refractivity contribution is 0.0406. The third-order valence-corrected chi connectivity index (χ3v) is 3.29. The Morgan fingerprint density at radius 3 is 2.88 bits per heavy atom. The highest BCUT2D eigenvalue weighted by Gasteiger charge is 2.42. The van der Waals surface area contributed by atoms with Crippen LogP contribution in [-0.4, -0.2) is 31.1 Å². The molecule has 3 rings (SSSR count). The van der Waals surface area contributed by atoms with Crippen molar-refractivity contribution in [2.45, 2.75) is 18.9 Å². The molecule has 1 aromatic rings. The number of nitrogens with zero attached hydrogens (tertiary/aromatic N) is 1. The Balaban J connectivity index is 1.94. The molecule has 2 aliphatic rings. The van der Waals surface area contributed by atoms with Crippen molar-refractivity contribution in [1.29, 1.82) is 0 Å². The van der Waals surface area contributed by atoms with Gasteiger partial charge >= 0.3 is 0 Å². The van der Waals surface area contributed by atoms with Gasteiger partial charge in [-0.2, -0.15) is 0 Å². The molecule has 17 heavy (non-hydrogen) atoms. The molecule has 2 aliphatic heterocycles. The van der Waals surface area contributed by atoms with Crippen molar-refractivity contribution in [3.05, 3.63) is 24.3 Å². The zero-order valence-electron chi connectivity index (χ0n) is 9.90. The zero-order valence-corrected chi connectivity index (χ0v) is 9.90. The minimum atomic E-state index is -0.440. The van der Waals surface area contributed by atoms with Crippen molar-refractivity contribution in [3.8, 4) is 11.5 Å². The maximum atomic E-state index is 6.13. The molecule has 0 bridgehead atoms. The number of amidine groups is 1. The third-order valence-electron chi connectivity index (χ3n) is 3.29. The van der Waals surface area contributed by atoms with Gasteiger partial charge in [0.2, 0.25) is 0 Å². The number of benzene rings is 1. The molecule has 4 heteroatoms. The minimum Gasteiger partial charge on any atom is -0.485 e. The first-order chi connectivity index (χ1) is 8.34. The average molecular weight is 232 g/mol. The van der Waals surface area contributed by atoms with Crippen LogP contribution < -0.4 is 14.8 Å². The van der Waals surface area contributed by atoms with E-state index in [1.54, 1.807) is 0 Å². The fourth-order valence-electron chi connectivity index (χ4n) is 2.25. The van der Waals surface area contributed by atoms with Crippen LogP contribution in [-0.2, 0) is 0 Å². The van der Waals surface area contributed by atoms with Gasteiger partial charge in [0.15, 0.2) is 17.1 Å². The molecule has 0 aliphatic carbocycles. The van der Waals surface area contributed by atoms with Gasteiger partial charge in [0.05, 0.1) is 6.54 Å². The van der Waals surface area contributed by atoms with Crippen molar-refractivity contribution in [3.63, 3.8) is 0 Å². The molecule has 0 aromatic heterocycles. The first-order valence-corrected chi connectivity index (χ1v) is 6.04. The van der Waals surface area contributed by atoms with Gasteiger partial charge in [-0.1, -0.05) is 19.1 Å². The summed E-state index contributed by atoms with van der Waals surface area (Å²) >= 11 is 0. The number of hydrogen-bond acceptors (Lipinski definition) is 4. The normalized spacial score (nSPS) is 26.3. The second-order valence-electron chi connectivity index (χ2n) is 4.34. The van der Waals surface area contributed by atoms with Crippen molar-refractivity contribution >= 4 is 5.84 Å². The number of ether oxygens (including phenoxy) is 2. The van der Waals surface area contributed by atoms with E-state index in [2.05, 4.69) is 17.2 Å². The fourth-order valence-corrected chi connectivity index (χ4v) is 2.25. The van der Waals surface area contributed by atoms with E-state index in [9.17, 15) is 0 Å². The van der Waals surface area contributed by atoms with Gasteiger partial charge in [0, 0.05) is 6.54 Å². The predicted molar refractivity (Wildman–Crippen MR) is 65.9 cm³/mol. The highest BCUT2D eigenvalue weighted by molar-refractivity contribution is 5.92. The lowest BCUT2D eigenvalue weighted by atomic mass is 9.98. The van der Waals surface area contributed by atoms with Crippen LogP contribution in [0.5, 0.6) is 11.5 Å². The van der Waals surface area contributed by atoms with Gasteiger partial charge in [0.1, 0.15) is 12.4 Å². The summed E-state index contributed by atoms with van der Waals surface area (Å²) in [7, 11) is 0. The van der Waals surface area contributed by atoms with Gasteiger partial charge < -0.3 is 14.8 Å². The Labute approximate surface area is 101 Å². The molecule has 0 amide bonds. The molecule has 90 valence electrons. The Morgan fingerprint density at radius 1 is 1.35 bits per heavy atom. The molecule has 1 atom stereocenters. The molecule has 0 spiro atoms. The number of rotatable bonds is 2. The van der Waals surface area contributed by atoms with Crippen molar-refractivity contribution < 1.29 is 9.47 Å². The van der Waals surface area contributed by atoms with Crippen LogP contribution in [0.25, 0.3) is 0 Å². The van der Waals surface area contributed by atoms with E-state index < -0.39 is 5.60 Å². The largest absolute Gasteiger partial charge is 0.485 e. The van der Waals surface area contributed by atoms with Gasteiger partial charge in [-0.25, -0.2) is 0 Å². The van der Waals surface area contributed by atoms with E-state index in [1.807, 2.05) is 24.3 Å². The predicted octanol–water partition coefficient (Wildman–Crippen LogP) is 1.61. The Morgan fingerprint density at radius 2 is 2.18 bits per heavy atom. The fraction of sp³-hybridized carbons (Fsp3) is 0.462. The molecule has 1 N–H and O–H groups in total. The van der Waals surface area contributed by atoms with Gasteiger partial charge in [-0.3, -0.25) is 4.99 Å². The second-order valence-corrected chi connectivity index (χ2v) is 4.34. The van der Waals surface area contributed by atoms with E-state index in [1.165, 1.54) is 0 Å². The molecular weight excluding hydrogens is 216 g/mol. The summed E-state index contributed by atoms with van der Waals surface area (Å²) in [6.45, 7) is 4.33. The average Bonchev–Trinajstić information content (AvgIpc) is 2.92. The topological polar surface area (TPSA) is 42.9 Å². The molecule has 0 saturated carbocycles. The van der Waals surface area contributed by atoms with Gasteiger partial charge in [-0.15, -0.1) is 0 Å². The monoisotopic (exact) mass is 232 g/mol. The molecular formula is C13H16N2O2. The van der Waals surface area contributed by atoms with E-state index >= 15 is 0 Å². The molecule has 0 saturated heterocycles. The number of aliphatic imine (C=N–C) groups is 1. The number of fused-ring (bicyclic) bond motifs is 1. The third kappa shape index (κ3) is 1.64.